The molecule has 0 bridgehead atoms. The van der Waals surface area contributed by atoms with E-state index in [9.17, 15) is 57.5 Å². The Morgan fingerprint density at radius 3 is 1.33 bits per heavy atom. The number of carbonyl (C=O) groups is 1. The van der Waals surface area contributed by atoms with Crippen LogP contribution in [0.3, 0.4) is 0 Å². The van der Waals surface area contributed by atoms with Gasteiger partial charge in [0, 0.05) is 31.3 Å². The standard InChI is InChI=1S/C29H54F12O6Si5/c1-10-11-18-49(6,21-14-27(33,34)35)45-52(9,23-16-29(39,40)41)47-50(7,19-12-17-43-25(42)24(2)3)46-51(8,22-15-28(36,37)38)44-48(4,5)20-13-26(30,31)32/h2,10-23H2,1,3-9H3. The zero-order chi connectivity index (χ0) is 41.1. The van der Waals surface area contributed by atoms with Crippen molar-refractivity contribution in [3.8, 4) is 0 Å². The SMILES string of the molecule is C=C(C)C(=O)OCCC[Si](C)(O[Si](C)(CCC(F)(F)F)O[Si](C)(C)CCC(F)(F)F)O[Si](C)(CCC(F)(F)F)O[Si](C)(CCCC)CCC(F)(F)F. The molecular formula is C29H54F12O6Si5. The van der Waals surface area contributed by atoms with Crippen molar-refractivity contribution in [1.29, 1.82) is 0 Å². The molecule has 0 amide bonds. The van der Waals surface area contributed by atoms with Crippen LogP contribution in [0.25, 0.3) is 0 Å². The fraction of sp³-hybridized carbons (Fsp3) is 0.897. The summed E-state index contributed by atoms with van der Waals surface area (Å²) in [6.07, 6.45) is -23.2. The highest BCUT2D eigenvalue weighted by Crippen LogP contribution is 2.40. The molecule has 0 heterocycles. The van der Waals surface area contributed by atoms with Gasteiger partial charge in [-0.25, -0.2) is 4.79 Å². The highest BCUT2D eigenvalue weighted by molar-refractivity contribution is 6.91. The van der Waals surface area contributed by atoms with E-state index in [1.165, 1.54) is 46.2 Å². The molecular weight excluding hydrogens is 813 g/mol. The number of esters is 1. The van der Waals surface area contributed by atoms with Crippen molar-refractivity contribution in [3.63, 3.8) is 0 Å². The van der Waals surface area contributed by atoms with Gasteiger partial charge in [0.05, 0.1) is 6.61 Å². The summed E-state index contributed by atoms with van der Waals surface area (Å²) < 4.78 is 192. The van der Waals surface area contributed by atoms with E-state index in [-0.39, 0.29) is 30.7 Å². The highest BCUT2D eigenvalue weighted by Gasteiger charge is 2.53. The number of rotatable bonds is 24. The second kappa shape index (κ2) is 19.9. The average molecular weight is 867 g/mol. The van der Waals surface area contributed by atoms with Gasteiger partial charge < -0.3 is 21.2 Å². The maximum atomic E-state index is 13.7. The zero-order valence-electron chi connectivity index (χ0n) is 31.1. The van der Waals surface area contributed by atoms with Gasteiger partial charge in [-0.1, -0.05) is 26.3 Å². The Bertz CT molecular complexity index is 1120. The number of hydrogen-bond acceptors (Lipinski definition) is 6. The van der Waals surface area contributed by atoms with Gasteiger partial charge >= 0.3 is 56.4 Å². The molecule has 0 saturated heterocycles. The van der Waals surface area contributed by atoms with Crippen LogP contribution in [0.2, 0.25) is 75.5 Å². The van der Waals surface area contributed by atoms with E-state index in [1.54, 1.807) is 6.92 Å². The first-order valence-electron chi connectivity index (χ1n) is 16.9. The lowest BCUT2D eigenvalue weighted by Gasteiger charge is -2.46. The molecule has 0 aromatic carbocycles. The number of halogens is 12. The quantitative estimate of drug-likeness (QED) is 0.0317. The number of carbonyl (C=O) groups excluding carboxylic acids is 1. The Morgan fingerprint density at radius 2 is 0.923 bits per heavy atom. The normalized spacial score (nSPS) is 18.2. The molecule has 52 heavy (non-hydrogen) atoms. The molecule has 0 rings (SSSR count). The molecule has 4 unspecified atom stereocenters. The van der Waals surface area contributed by atoms with Gasteiger partial charge in [0.1, 0.15) is 0 Å². The lowest BCUT2D eigenvalue weighted by Crippen LogP contribution is -2.62. The second-order valence-corrected chi connectivity index (χ2v) is 34.1. The molecule has 4 atom stereocenters. The van der Waals surface area contributed by atoms with Crippen LogP contribution in [0.15, 0.2) is 12.2 Å². The molecule has 23 heteroatoms. The summed E-state index contributed by atoms with van der Waals surface area (Å²) in [6.45, 7) is 14.4. The van der Waals surface area contributed by atoms with Crippen LogP contribution in [0.5, 0.6) is 0 Å². The van der Waals surface area contributed by atoms with Crippen LogP contribution in [-0.4, -0.2) is 79.6 Å². The Morgan fingerprint density at radius 1 is 0.538 bits per heavy atom. The molecule has 0 saturated carbocycles. The first-order valence-corrected chi connectivity index (χ1v) is 30.5. The maximum Gasteiger partial charge on any atom is 0.389 e. The fourth-order valence-corrected chi connectivity index (χ4v) is 32.2. The highest BCUT2D eigenvalue weighted by atomic mass is 28.5. The van der Waals surface area contributed by atoms with Gasteiger partial charge in [-0.3, -0.25) is 0 Å². The van der Waals surface area contributed by atoms with Crippen molar-refractivity contribution in [1.82, 2.24) is 0 Å². The summed E-state index contributed by atoms with van der Waals surface area (Å²) in [6, 6.07) is -2.61. The van der Waals surface area contributed by atoms with Crippen LogP contribution in [-0.2, 0) is 26.0 Å². The third-order valence-electron chi connectivity index (χ3n) is 7.91. The van der Waals surface area contributed by atoms with E-state index >= 15 is 0 Å². The van der Waals surface area contributed by atoms with E-state index in [2.05, 4.69) is 6.58 Å². The maximum absolute atomic E-state index is 13.7. The molecule has 0 aromatic heterocycles. The smallest absolute Gasteiger partial charge is 0.389 e. The molecule has 0 fully saturated rings. The monoisotopic (exact) mass is 866 g/mol. The number of hydrogen-bond donors (Lipinski definition) is 0. The molecule has 0 aliphatic rings. The van der Waals surface area contributed by atoms with E-state index in [4.69, 9.17) is 21.2 Å². The second-order valence-electron chi connectivity index (χ2n) is 14.6. The fourth-order valence-electron chi connectivity index (χ4n) is 5.48. The third kappa shape index (κ3) is 24.7. The van der Waals surface area contributed by atoms with Crippen LogP contribution in [0.4, 0.5) is 52.7 Å². The van der Waals surface area contributed by atoms with Crippen LogP contribution < -0.4 is 0 Å². The minimum Gasteiger partial charge on any atom is -0.462 e. The summed E-state index contributed by atoms with van der Waals surface area (Å²) in [7, 11) is -19.5. The first-order chi connectivity index (χ1) is 23.0. The Labute approximate surface area is 304 Å². The predicted octanol–water partition coefficient (Wildman–Crippen LogP) is 12.2. The lowest BCUT2D eigenvalue weighted by atomic mass is 10.4. The Balaban J connectivity index is 7.12. The first kappa shape index (κ1) is 51.3. The number of unbranched alkanes of at least 4 members (excludes halogenated alkanes) is 1. The summed E-state index contributed by atoms with van der Waals surface area (Å²) in [5.41, 5.74) is 0.0507. The van der Waals surface area contributed by atoms with Crippen LogP contribution in [0, 0.1) is 0 Å². The number of alkyl halides is 12. The van der Waals surface area contributed by atoms with Crippen LogP contribution >= 0.6 is 0 Å². The van der Waals surface area contributed by atoms with Gasteiger partial charge in [-0.05, 0) is 88.9 Å². The van der Waals surface area contributed by atoms with Crippen molar-refractivity contribution in [2.45, 2.75) is 159 Å². The Hall–Kier alpha value is -0.706. The van der Waals surface area contributed by atoms with E-state index < -0.39 is 123 Å². The largest absolute Gasteiger partial charge is 0.462 e. The van der Waals surface area contributed by atoms with Crippen molar-refractivity contribution < 1.29 is 78.7 Å². The molecule has 0 aromatic rings. The minimum absolute atomic E-state index is 0.0507. The third-order valence-corrected chi connectivity index (χ3v) is 30.2. The van der Waals surface area contributed by atoms with E-state index in [0.717, 1.165) is 0 Å². The topological polar surface area (TPSA) is 63.2 Å². The predicted molar refractivity (Wildman–Crippen MR) is 185 cm³/mol. The Kier molecular flexibility index (Phi) is 19.7. The molecule has 0 radical (unpaired) electrons. The van der Waals surface area contributed by atoms with Gasteiger partial charge in [-0.15, -0.1) is 0 Å². The zero-order valence-corrected chi connectivity index (χ0v) is 36.1. The summed E-state index contributed by atoms with van der Waals surface area (Å²) in [4.78, 5) is 12.0. The van der Waals surface area contributed by atoms with Gasteiger partial charge in [0.25, 0.3) is 0 Å². The molecule has 0 aliphatic carbocycles. The molecule has 0 N–H and O–H groups in total. The average Bonchev–Trinajstić information content (AvgIpc) is 2.92. The van der Waals surface area contributed by atoms with E-state index in [0.29, 0.717) is 12.8 Å². The van der Waals surface area contributed by atoms with Gasteiger partial charge in [0.2, 0.25) is 0 Å². The van der Waals surface area contributed by atoms with Crippen molar-refractivity contribution >= 4 is 48.3 Å². The summed E-state index contributed by atoms with van der Waals surface area (Å²) >= 11 is 0. The van der Waals surface area contributed by atoms with Gasteiger partial charge in [0.15, 0.2) is 16.6 Å². The molecule has 6 nitrogen and oxygen atoms in total. The summed E-state index contributed by atoms with van der Waals surface area (Å²) in [5, 5.41) is 0. The molecule has 0 spiro atoms. The van der Waals surface area contributed by atoms with Crippen LogP contribution in [0.1, 0.15) is 58.8 Å². The van der Waals surface area contributed by atoms with Crippen molar-refractivity contribution in [2.24, 2.45) is 0 Å². The van der Waals surface area contributed by atoms with E-state index in [1.807, 2.05) is 0 Å². The number of ether oxygens (including phenoxy) is 1. The van der Waals surface area contributed by atoms with Gasteiger partial charge in [-0.2, -0.15) is 52.7 Å². The lowest BCUT2D eigenvalue weighted by molar-refractivity contribution is -0.139. The van der Waals surface area contributed by atoms with Crippen molar-refractivity contribution in [2.75, 3.05) is 6.61 Å². The molecule has 310 valence electrons. The minimum atomic E-state index is -4.74. The van der Waals surface area contributed by atoms with Crippen molar-refractivity contribution in [3.05, 3.63) is 12.2 Å². The molecule has 0 aliphatic heterocycles. The summed E-state index contributed by atoms with van der Waals surface area (Å²) in [5.74, 6) is -0.773.